The molecular weight excluding hydrogens is 367 g/mol. The fourth-order valence-electron chi connectivity index (χ4n) is 1.67. The summed E-state index contributed by atoms with van der Waals surface area (Å²) in [7, 11) is 0. The third-order valence-corrected chi connectivity index (χ3v) is 3.61. The van der Waals surface area contributed by atoms with Gasteiger partial charge in [0.25, 0.3) is 5.91 Å². The lowest BCUT2D eigenvalue weighted by Gasteiger charge is -2.22. The summed E-state index contributed by atoms with van der Waals surface area (Å²) >= 11 is 11.7. The van der Waals surface area contributed by atoms with Gasteiger partial charge in [0, 0.05) is 21.1 Å². The van der Waals surface area contributed by atoms with Crippen molar-refractivity contribution in [3.63, 3.8) is 0 Å². The molecule has 0 radical (unpaired) electrons. The molecule has 2 atom stereocenters. The van der Waals surface area contributed by atoms with Gasteiger partial charge in [0.2, 0.25) is 5.91 Å². The number of nitrogens with one attached hydrogen (secondary N) is 2. The molecule has 0 bridgehead atoms. The van der Waals surface area contributed by atoms with Crippen LogP contribution in [0, 0.1) is 5.41 Å². The predicted molar refractivity (Wildman–Crippen MR) is 97.7 cm³/mol. The Morgan fingerprint density at radius 1 is 1.04 bits per heavy atom. The lowest BCUT2D eigenvalue weighted by Crippen LogP contribution is -2.46. The first-order valence-electron chi connectivity index (χ1n) is 7.68. The van der Waals surface area contributed by atoms with Gasteiger partial charge in [0.05, 0.1) is 0 Å². The van der Waals surface area contributed by atoms with E-state index in [0.717, 1.165) is 0 Å². The van der Waals surface area contributed by atoms with Gasteiger partial charge in [-0.2, -0.15) is 0 Å². The number of benzene rings is 1. The van der Waals surface area contributed by atoms with Crippen molar-refractivity contribution in [2.75, 3.05) is 5.32 Å². The maximum Gasteiger partial charge on any atom is 0.329 e. The summed E-state index contributed by atoms with van der Waals surface area (Å²) in [5.74, 6) is -1.53. The molecule has 0 saturated carbocycles. The molecule has 0 aliphatic heterocycles. The number of ether oxygens (including phenoxy) is 1. The first-order valence-corrected chi connectivity index (χ1v) is 8.44. The maximum atomic E-state index is 12.1. The zero-order chi connectivity index (χ0) is 19.4. The number of carbonyl (C=O) groups is 3. The van der Waals surface area contributed by atoms with Crippen molar-refractivity contribution in [3.8, 4) is 0 Å². The minimum absolute atomic E-state index is 0.289. The van der Waals surface area contributed by atoms with Crippen molar-refractivity contribution in [3.05, 3.63) is 28.2 Å². The first kappa shape index (κ1) is 21.3. The molecule has 2 amide bonds. The van der Waals surface area contributed by atoms with Crippen LogP contribution in [-0.2, 0) is 19.1 Å². The average molecular weight is 389 g/mol. The maximum absolute atomic E-state index is 12.1. The van der Waals surface area contributed by atoms with Crippen LogP contribution in [0.2, 0.25) is 10.0 Å². The van der Waals surface area contributed by atoms with Gasteiger partial charge in [-0.3, -0.25) is 9.59 Å². The minimum atomic E-state index is -1.06. The molecule has 0 saturated heterocycles. The summed E-state index contributed by atoms with van der Waals surface area (Å²) in [5.41, 5.74) is -0.247. The van der Waals surface area contributed by atoms with Gasteiger partial charge in [0.15, 0.2) is 6.10 Å². The van der Waals surface area contributed by atoms with Crippen LogP contribution < -0.4 is 10.6 Å². The fraction of sp³-hybridized carbons (Fsp3) is 0.471. The fourth-order valence-corrected chi connectivity index (χ4v) is 2.20. The molecule has 0 aromatic heterocycles. The van der Waals surface area contributed by atoms with Crippen LogP contribution in [0.1, 0.15) is 34.6 Å². The average Bonchev–Trinajstić information content (AvgIpc) is 2.44. The van der Waals surface area contributed by atoms with Gasteiger partial charge < -0.3 is 15.4 Å². The van der Waals surface area contributed by atoms with Crippen molar-refractivity contribution >= 4 is 46.7 Å². The Kier molecular flexibility index (Phi) is 7.26. The number of hydrogen-bond donors (Lipinski definition) is 2. The Bertz CT molecular complexity index is 651. The van der Waals surface area contributed by atoms with E-state index >= 15 is 0 Å². The quantitative estimate of drug-likeness (QED) is 0.756. The predicted octanol–water partition coefficient (Wildman–Crippen LogP) is 3.41. The summed E-state index contributed by atoms with van der Waals surface area (Å²) in [4.78, 5) is 36.0. The second-order valence-electron chi connectivity index (χ2n) is 6.67. The van der Waals surface area contributed by atoms with E-state index in [1.54, 1.807) is 20.8 Å². The molecule has 138 valence electrons. The van der Waals surface area contributed by atoms with E-state index in [-0.39, 0.29) is 5.91 Å². The lowest BCUT2D eigenvalue weighted by molar-refractivity contribution is -0.156. The largest absolute Gasteiger partial charge is 0.451 e. The summed E-state index contributed by atoms with van der Waals surface area (Å²) in [6, 6.07) is 3.70. The Hall–Kier alpha value is -1.79. The van der Waals surface area contributed by atoms with Crippen molar-refractivity contribution < 1.29 is 19.1 Å². The highest BCUT2D eigenvalue weighted by molar-refractivity contribution is 6.35. The minimum Gasteiger partial charge on any atom is -0.451 e. The van der Waals surface area contributed by atoms with Crippen LogP contribution in [-0.4, -0.2) is 29.9 Å². The molecule has 1 aromatic rings. The van der Waals surface area contributed by atoms with Crippen LogP contribution in [0.3, 0.4) is 0 Å². The second-order valence-corrected chi connectivity index (χ2v) is 7.54. The molecule has 8 heteroatoms. The van der Waals surface area contributed by atoms with E-state index in [1.807, 2.05) is 0 Å². The molecule has 0 aliphatic rings. The van der Waals surface area contributed by atoms with Gasteiger partial charge in [-0.05, 0) is 32.0 Å². The van der Waals surface area contributed by atoms with Crippen LogP contribution in [0.4, 0.5) is 5.69 Å². The van der Waals surface area contributed by atoms with E-state index in [1.165, 1.54) is 32.0 Å². The molecule has 1 rings (SSSR count). The topological polar surface area (TPSA) is 84.5 Å². The van der Waals surface area contributed by atoms with Crippen molar-refractivity contribution in [1.82, 2.24) is 5.32 Å². The van der Waals surface area contributed by atoms with Crippen LogP contribution in [0.15, 0.2) is 18.2 Å². The highest BCUT2D eigenvalue weighted by Gasteiger charge is 2.27. The highest BCUT2D eigenvalue weighted by atomic mass is 35.5. The van der Waals surface area contributed by atoms with Gasteiger partial charge in [0.1, 0.15) is 6.04 Å². The molecule has 0 fully saturated rings. The molecule has 2 unspecified atom stereocenters. The molecule has 2 N–H and O–H groups in total. The molecular formula is C17H22Cl2N2O4. The van der Waals surface area contributed by atoms with E-state index in [0.29, 0.717) is 15.7 Å². The van der Waals surface area contributed by atoms with Gasteiger partial charge >= 0.3 is 5.97 Å². The standard InChI is InChI=1S/C17H22Cl2N2O4/c1-9(20-16(24)17(3,4)5)15(23)25-10(2)14(22)21-13-7-11(18)6-12(19)8-13/h6-10H,1-5H3,(H,20,24)(H,21,22). The summed E-state index contributed by atoms with van der Waals surface area (Å²) in [6.07, 6.45) is -1.06. The highest BCUT2D eigenvalue weighted by Crippen LogP contribution is 2.22. The third kappa shape index (κ3) is 6.92. The molecule has 0 aliphatic carbocycles. The molecule has 6 nitrogen and oxygen atoms in total. The molecule has 25 heavy (non-hydrogen) atoms. The van der Waals surface area contributed by atoms with Crippen molar-refractivity contribution in [2.45, 2.75) is 46.8 Å². The number of amides is 2. The number of esters is 1. The van der Waals surface area contributed by atoms with Crippen LogP contribution in [0.5, 0.6) is 0 Å². The van der Waals surface area contributed by atoms with Crippen LogP contribution >= 0.6 is 23.2 Å². The number of hydrogen-bond acceptors (Lipinski definition) is 4. The number of anilines is 1. The summed E-state index contributed by atoms with van der Waals surface area (Å²) in [5, 5.41) is 5.84. The normalized spacial score (nSPS) is 13.6. The Balaban J connectivity index is 2.61. The first-order chi connectivity index (χ1) is 11.4. The monoisotopic (exact) mass is 388 g/mol. The molecule has 1 aromatic carbocycles. The van der Waals surface area contributed by atoms with Gasteiger partial charge in [-0.15, -0.1) is 0 Å². The van der Waals surface area contributed by atoms with Gasteiger partial charge in [-0.25, -0.2) is 4.79 Å². The zero-order valence-corrected chi connectivity index (χ0v) is 16.3. The van der Waals surface area contributed by atoms with E-state index in [2.05, 4.69) is 10.6 Å². The Morgan fingerprint density at radius 3 is 2.04 bits per heavy atom. The van der Waals surface area contributed by atoms with E-state index in [4.69, 9.17) is 27.9 Å². The molecule has 0 spiro atoms. The summed E-state index contributed by atoms with van der Waals surface area (Å²) < 4.78 is 5.09. The Morgan fingerprint density at radius 2 is 1.56 bits per heavy atom. The third-order valence-electron chi connectivity index (χ3n) is 3.17. The van der Waals surface area contributed by atoms with Crippen LogP contribution in [0.25, 0.3) is 0 Å². The number of rotatable bonds is 5. The number of halogens is 2. The second kappa shape index (κ2) is 8.54. The lowest BCUT2D eigenvalue weighted by atomic mass is 9.95. The Labute approximate surface area is 157 Å². The van der Waals surface area contributed by atoms with Gasteiger partial charge in [-0.1, -0.05) is 44.0 Å². The smallest absolute Gasteiger partial charge is 0.329 e. The SMILES string of the molecule is CC(NC(=O)C(C)(C)C)C(=O)OC(C)C(=O)Nc1cc(Cl)cc(Cl)c1. The van der Waals surface area contributed by atoms with E-state index in [9.17, 15) is 14.4 Å². The summed E-state index contributed by atoms with van der Waals surface area (Å²) in [6.45, 7) is 8.11. The zero-order valence-electron chi connectivity index (χ0n) is 14.8. The van der Waals surface area contributed by atoms with Crippen molar-refractivity contribution in [1.29, 1.82) is 0 Å². The van der Waals surface area contributed by atoms with E-state index < -0.39 is 29.4 Å². The number of carbonyl (C=O) groups excluding carboxylic acids is 3. The molecule has 0 heterocycles. The van der Waals surface area contributed by atoms with Crippen molar-refractivity contribution in [2.24, 2.45) is 5.41 Å².